The lowest BCUT2D eigenvalue weighted by atomic mass is 9.98. The van der Waals surface area contributed by atoms with E-state index in [2.05, 4.69) is 12.1 Å². The second-order valence-corrected chi connectivity index (χ2v) is 5.43. The fourth-order valence-corrected chi connectivity index (χ4v) is 2.90. The number of fused-ring (bicyclic) bond motifs is 1. The third-order valence-electron chi connectivity index (χ3n) is 3.97. The molecule has 108 valence electrons. The first-order chi connectivity index (χ1) is 10.1. The minimum atomic E-state index is -0.412. The van der Waals surface area contributed by atoms with Crippen LogP contribution in [0, 0.1) is 13.8 Å². The third-order valence-corrected chi connectivity index (χ3v) is 3.97. The molecular weight excluding hydrogens is 266 g/mol. The topological polar surface area (TPSA) is 50.5 Å². The van der Waals surface area contributed by atoms with Gasteiger partial charge in [-0.1, -0.05) is 24.3 Å². The monoisotopic (exact) mass is 283 g/mol. The molecular formula is C17H17NO3. The molecule has 2 heterocycles. The fourth-order valence-electron chi connectivity index (χ4n) is 2.90. The summed E-state index contributed by atoms with van der Waals surface area (Å²) in [4.78, 5) is 25.9. The molecule has 0 spiro atoms. The van der Waals surface area contributed by atoms with E-state index in [-0.39, 0.29) is 5.91 Å². The Morgan fingerprint density at radius 3 is 2.62 bits per heavy atom. The molecule has 0 saturated carbocycles. The van der Waals surface area contributed by atoms with Gasteiger partial charge in [-0.15, -0.1) is 0 Å². The van der Waals surface area contributed by atoms with Crippen molar-refractivity contribution < 1.29 is 9.21 Å². The van der Waals surface area contributed by atoms with Gasteiger partial charge in [0.05, 0.1) is 5.56 Å². The number of carbonyl (C=O) groups excluding carboxylic acids is 1. The molecule has 3 rings (SSSR count). The SMILES string of the molecule is Cc1cc(=O)oc(C)c1C(=O)N1CCc2ccccc2C1. The van der Waals surface area contributed by atoms with Gasteiger partial charge < -0.3 is 9.32 Å². The van der Waals surface area contributed by atoms with Gasteiger partial charge in [-0.05, 0) is 37.0 Å². The maximum Gasteiger partial charge on any atom is 0.336 e. The molecule has 4 heteroatoms. The van der Waals surface area contributed by atoms with Crippen LogP contribution in [0.3, 0.4) is 0 Å². The molecule has 0 N–H and O–H groups in total. The summed E-state index contributed by atoms with van der Waals surface area (Å²) < 4.78 is 5.07. The molecule has 1 aromatic carbocycles. The molecule has 4 nitrogen and oxygen atoms in total. The second kappa shape index (κ2) is 5.20. The van der Waals surface area contributed by atoms with Crippen molar-refractivity contribution >= 4 is 5.91 Å². The summed E-state index contributed by atoms with van der Waals surface area (Å²) in [7, 11) is 0. The standard InChI is InChI=1S/C17H17NO3/c1-11-9-15(19)21-12(2)16(11)17(20)18-8-7-13-5-3-4-6-14(13)10-18/h3-6,9H,7-8,10H2,1-2H3. The normalized spacial score (nSPS) is 13.9. The molecule has 21 heavy (non-hydrogen) atoms. The van der Waals surface area contributed by atoms with Gasteiger partial charge in [0, 0.05) is 19.2 Å². The van der Waals surface area contributed by atoms with Crippen molar-refractivity contribution in [2.45, 2.75) is 26.8 Å². The first-order valence-corrected chi connectivity index (χ1v) is 7.03. The summed E-state index contributed by atoms with van der Waals surface area (Å²) in [5.74, 6) is 0.326. The Hall–Kier alpha value is -2.36. The number of hydrogen-bond acceptors (Lipinski definition) is 3. The number of aryl methyl sites for hydroxylation is 2. The van der Waals surface area contributed by atoms with Gasteiger partial charge >= 0.3 is 5.63 Å². The molecule has 0 saturated heterocycles. The fraction of sp³-hybridized carbons (Fsp3) is 0.294. The Kier molecular flexibility index (Phi) is 3.37. The van der Waals surface area contributed by atoms with Crippen LogP contribution in [0.25, 0.3) is 0 Å². The maximum atomic E-state index is 12.7. The maximum absolute atomic E-state index is 12.7. The minimum Gasteiger partial charge on any atom is -0.427 e. The zero-order valence-corrected chi connectivity index (χ0v) is 12.2. The highest BCUT2D eigenvalue weighted by molar-refractivity contribution is 5.96. The first kappa shape index (κ1) is 13.6. The highest BCUT2D eigenvalue weighted by Crippen LogP contribution is 2.22. The van der Waals surface area contributed by atoms with Crippen molar-refractivity contribution in [3.8, 4) is 0 Å². The van der Waals surface area contributed by atoms with Crippen LogP contribution in [0.5, 0.6) is 0 Å². The van der Waals surface area contributed by atoms with Crippen LogP contribution in [0.2, 0.25) is 0 Å². The summed E-state index contributed by atoms with van der Waals surface area (Å²) in [5, 5.41) is 0. The first-order valence-electron chi connectivity index (χ1n) is 7.03. The summed E-state index contributed by atoms with van der Waals surface area (Å²) in [6.07, 6.45) is 0.858. The Labute approximate surface area is 123 Å². The number of nitrogens with zero attached hydrogens (tertiary/aromatic N) is 1. The van der Waals surface area contributed by atoms with E-state index in [4.69, 9.17) is 4.42 Å². The lowest BCUT2D eigenvalue weighted by molar-refractivity contribution is 0.0729. The lowest BCUT2D eigenvalue weighted by Gasteiger charge is -2.29. The van der Waals surface area contributed by atoms with Crippen LogP contribution in [-0.4, -0.2) is 17.4 Å². The van der Waals surface area contributed by atoms with E-state index in [0.717, 1.165) is 6.42 Å². The van der Waals surface area contributed by atoms with Gasteiger partial charge in [-0.25, -0.2) is 4.79 Å². The predicted octanol–water partition coefficient (Wildman–Crippen LogP) is 2.46. The van der Waals surface area contributed by atoms with Gasteiger partial charge in [0.15, 0.2) is 0 Å². The average molecular weight is 283 g/mol. The molecule has 2 aromatic rings. The number of carbonyl (C=O) groups is 1. The van der Waals surface area contributed by atoms with Crippen molar-refractivity contribution in [1.82, 2.24) is 4.90 Å². The third kappa shape index (κ3) is 2.49. The van der Waals surface area contributed by atoms with Crippen LogP contribution in [0.15, 0.2) is 39.5 Å². The number of rotatable bonds is 1. The van der Waals surface area contributed by atoms with Crippen molar-refractivity contribution in [2.24, 2.45) is 0 Å². The van der Waals surface area contributed by atoms with Gasteiger partial charge in [-0.2, -0.15) is 0 Å². The van der Waals surface area contributed by atoms with Gasteiger partial charge in [0.25, 0.3) is 5.91 Å². The summed E-state index contributed by atoms with van der Waals surface area (Å²) in [5.41, 5.74) is 3.26. The van der Waals surface area contributed by atoms with Crippen molar-refractivity contribution in [1.29, 1.82) is 0 Å². The molecule has 0 aliphatic carbocycles. The van der Waals surface area contributed by atoms with Crippen LogP contribution >= 0.6 is 0 Å². The summed E-state index contributed by atoms with van der Waals surface area (Å²) >= 11 is 0. The molecule has 1 aliphatic heterocycles. The molecule has 0 unspecified atom stereocenters. The quantitative estimate of drug-likeness (QED) is 0.807. The molecule has 0 atom stereocenters. The Morgan fingerprint density at radius 1 is 1.19 bits per heavy atom. The number of amides is 1. The molecule has 0 radical (unpaired) electrons. The van der Waals surface area contributed by atoms with E-state index in [1.54, 1.807) is 13.8 Å². The summed E-state index contributed by atoms with van der Waals surface area (Å²) in [6, 6.07) is 9.55. The average Bonchev–Trinajstić information content (AvgIpc) is 2.45. The second-order valence-electron chi connectivity index (χ2n) is 5.43. The van der Waals surface area contributed by atoms with E-state index < -0.39 is 5.63 Å². The predicted molar refractivity (Wildman–Crippen MR) is 79.3 cm³/mol. The van der Waals surface area contributed by atoms with Gasteiger partial charge in [-0.3, -0.25) is 4.79 Å². The lowest BCUT2D eigenvalue weighted by Crippen LogP contribution is -2.36. The Morgan fingerprint density at radius 2 is 1.90 bits per heavy atom. The zero-order valence-electron chi connectivity index (χ0n) is 12.2. The van der Waals surface area contributed by atoms with E-state index >= 15 is 0 Å². The van der Waals surface area contributed by atoms with Crippen molar-refractivity contribution in [3.05, 3.63) is 68.8 Å². The van der Waals surface area contributed by atoms with Crippen LogP contribution in [0.4, 0.5) is 0 Å². The van der Waals surface area contributed by atoms with E-state index in [1.165, 1.54) is 17.2 Å². The molecule has 0 bridgehead atoms. The highest BCUT2D eigenvalue weighted by atomic mass is 16.4. The van der Waals surface area contributed by atoms with Crippen LogP contribution in [0.1, 0.15) is 32.8 Å². The summed E-state index contributed by atoms with van der Waals surface area (Å²) in [6.45, 7) is 4.73. The van der Waals surface area contributed by atoms with Crippen LogP contribution < -0.4 is 5.63 Å². The number of benzene rings is 1. The van der Waals surface area contributed by atoms with E-state index in [1.807, 2.05) is 17.0 Å². The zero-order chi connectivity index (χ0) is 15.0. The molecule has 1 amide bonds. The Bertz CT molecular complexity index is 735. The number of hydrogen-bond donors (Lipinski definition) is 0. The molecule has 0 fully saturated rings. The van der Waals surface area contributed by atoms with E-state index in [9.17, 15) is 9.59 Å². The smallest absolute Gasteiger partial charge is 0.336 e. The highest BCUT2D eigenvalue weighted by Gasteiger charge is 2.25. The Balaban J connectivity index is 1.93. The molecule has 1 aliphatic rings. The van der Waals surface area contributed by atoms with Gasteiger partial charge in [0.1, 0.15) is 5.76 Å². The van der Waals surface area contributed by atoms with E-state index in [0.29, 0.717) is 30.0 Å². The molecule has 1 aromatic heterocycles. The van der Waals surface area contributed by atoms with Crippen LogP contribution in [-0.2, 0) is 13.0 Å². The van der Waals surface area contributed by atoms with Gasteiger partial charge in [0.2, 0.25) is 0 Å². The van der Waals surface area contributed by atoms with Crippen molar-refractivity contribution in [2.75, 3.05) is 6.54 Å². The van der Waals surface area contributed by atoms with Crippen molar-refractivity contribution in [3.63, 3.8) is 0 Å². The minimum absolute atomic E-state index is 0.0664. The largest absolute Gasteiger partial charge is 0.427 e.